The van der Waals surface area contributed by atoms with Gasteiger partial charge in [-0.25, -0.2) is 28.8 Å². The molecule has 5 aliphatic carbocycles. The highest BCUT2D eigenvalue weighted by atomic mass is 16.6. The van der Waals surface area contributed by atoms with Crippen LogP contribution < -0.4 is 21.3 Å². The first-order valence-electron chi connectivity index (χ1n) is 49.5. The summed E-state index contributed by atoms with van der Waals surface area (Å²) in [5.41, 5.74) is 2.37. The van der Waals surface area contributed by atoms with Gasteiger partial charge in [-0.3, -0.25) is 28.8 Å². The Kier molecular flexibility index (Phi) is 68.5. The van der Waals surface area contributed by atoms with Gasteiger partial charge in [0.1, 0.15) is 52.6 Å². The molecule has 5 aliphatic rings. The maximum atomic E-state index is 12.6. The van der Waals surface area contributed by atoms with E-state index < -0.39 is 23.9 Å². The van der Waals surface area contributed by atoms with Crippen LogP contribution in [0.1, 0.15) is 152 Å². The van der Waals surface area contributed by atoms with E-state index in [1.54, 1.807) is 56.3 Å². The van der Waals surface area contributed by atoms with E-state index in [0.29, 0.717) is 103 Å². The summed E-state index contributed by atoms with van der Waals surface area (Å²) in [6.07, 6.45) is 18.6. The van der Waals surface area contributed by atoms with E-state index in [4.69, 9.17) is 37.9 Å². The number of carbonyl (C=O) groups is 12. The Morgan fingerprint density at radius 2 is 0.638 bits per heavy atom. The average molecular weight is 2000 g/mol. The lowest BCUT2D eigenvalue weighted by Crippen LogP contribution is -2.50. The zero-order valence-electron chi connectivity index (χ0n) is 94.3. The number of ether oxygens (including phenoxy) is 8. The Labute approximate surface area is 852 Å². The van der Waals surface area contributed by atoms with Crippen LogP contribution in [0.15, 0.2) is 123 Å². The van der Waals surface area contributed by atoms with Gasteiger partial charge < -0.3 is 99.5 Å². The minimum absolute atomic E-state index is 0.0206. The SMILES string of the molecule is C=C(C)C(=O)NCCC[N+](C)(C)C.C=C(C)C(=O)NCC[N+](C)(C)C.C=CC(=O)NCCC[N+](C)(C)C.C=CC(=O)NCC[N+](C)(C)C.C=CC(=O)OCCC[N+](C)(C)C.CC(C)(C)C.C[N+](C)(C)CCOC(=O)COC(=O)C12CC3CC(CC(C3)C1)C2.C[N+](C)(C)CCOC(=O)COC(=O)C1CCCCC1.C[N+](C)(C)CCOC(=O)COC(=O)c1ccccc1.C[N+](C)(C)CCOC(=O)c1ccccc1. The summed E-state index contributed by atoms with van der Waals surface area (Å²) < 4.78 is 47.8. The van der Waals surface area contributed by atoms with Gasteiger partial charge in [-0.15, -0.1) is 0 Å². The molecule has 808 valence electrons. The molecule has 0 unspecified atom stereocenters. The Hall–Kier alpha value is -9.58. The van der Waals surface area contributed by atoms with Gasteiger partial charge in [0.05, 0.1) is 265 Å². The number of rotatable bonds is 45. The van der Waals surface area contributed by atoms with Gasteiger partial charge in [-0.1, -0.05) is 116 Å². The number of hydrogen-bond donors (Lipinski definition) is 4. The van der Waals surface area contributed by atoms with Gasteiger partial charge in [0.2, 0.25) is 23.6 Å². The lowest BCUT2D eigenvalue weighted by atomic mass is 9.49. The number of nitrogens with one attached hydrogen (secondary N) is 4. The molecule has 33 heteroatoms. The minimum Gasteiger partial charge on any atom is -0.462 e. The van der Waals surface area contributed by atoms with E-state index in [-0.39, 0.29) is 78.7 Å². The van der Waals surface area contributed by atoms with Crippen LogP contribution in [0.5, 0.6) is 0 Å². The van der Waals surface area contributed by atoms with E-state index in [1.165, 1.54) is 43.9 Å². The fraction of sp³-hybridized carbons (Fsp3) is 0.685. The van der Waals surface area contributed by atoms with Crippen LogP contribution >= 0.6 is 0 Å². The minimum atomic E-state index is -0.530. The van der Waals surface area contributed by atoms with Gasteiger partial charge >= 0.3 is 47.8 Å². The fourth-order valence-electron chi connectivity index (χ4n) is 13.3. The van der Waals surface area contributed by atoms with Crippen LogP contribution in [0.4, 0.5) is 0 Å². The molecule has 2 aromatic carbocycles. The normalized spacial score (nSPS) is 15.8. The molecule has 2 aromatic rings. The van der Waals surface area contributed by atoms with E-state index >= 15 is 0 Å². The third-order valence-corrected chi connectivity index (χ3v) is 20.8. The second-order valence-electron chi connectivity index (χ2n) is 47.4. The maximum absolute atomic E-state index is 12.6. The summed E-state index contributed by atoms with van der Waals surface area (Å²) in [5, 5.41) is 11.0. The number of esters is 8. The molecule has 0 atom stereocenters. The monoisotopic (exact) mass is 2000 g/mol. The molecule has 0 radical (unpaired) electrons. The number of hydrogen-bond acceptors (Lipinski definition) is 20. The van der Waals surface area contributed by atoms with Crippen molar-refractivity contribution < 1.29 is 136 Å². The predicted octanol–water partition coefficient (Wildman–Crippen LogP) is 10.4. The first-order chi connectivity index (χ1) is 64.5. The highest BCUT2D eigenvalue weighted by molar-refractivity contribution is 5.93. The van der Waals surface area contributed by atoms with Crippen molar-refractivity contribution >= 4 is 71.4 Å². The molecule has 4 bridgehead atoms. The second-order valence-corrected chi connectivity index (χ2v) is 47.4. The van der Waals surface area contributed by atoms with E-state index in [9.17, 15) is 57.5 Å². The zero-order valence-corrected chi connectivity index (χ0v) is 94.3. The number of likely N-dealkylation sites (N-methyl/N-ethyl adjacent to an activating group) is 6. The largest absolute Gasteiger partial charge is 0.462 e. The molecular weight excluding hydrogens is 1800 g/mol. The van der Waals surface area contributed by atoms with Crippen molar-refractivity contribution in [2.24, 2.45) is 34.5 Å². The molecule has 141 heavy (non-hydrogen) atoms. The van der Waals surface area contributed by atoms with Crippen molar-refractivity contribution in [3.63, 3.8) is 0 Å². The summed E-state index contributed by atoms with van der Waals surface area (Å²) in [6.45, 7) is 41.3. The third kappa shape index (κ3) is 90.2. The van der Waals surface area contributed by atoms with Gasteiger partial charge in [-0.05, 0) is 125 Å². The van der Waals surface area contributed by atoms with Crippen LogP contribution in [-0.4, -0.2) is 440 Å². The number of nitrogens with zero attached hydrogens (tertiary/aromatic N) is 9. The smallest absolute Gasteiger partial charge is 0.344 e. The van der Waals surface area contributed by atoms with Crippen molar-refractivity contribution in [3.8, 4) is 0 Å². The lowest BCUT2D eigenvalue weighted by Gasteiger charge is -2.55. The summed E-state index contributed by atoms with van der Waals surface area (Å²) in [7, 11) is 56.1. The second kappa shape index (κ2) is 70.2. The van der Waals surface area contributed by atoms with Gasteiger partial charge in [0.15, 0.2) is 19.8 Å². The zero-order chi connectivity index (χ0) is 109. The Morgan fingerprint density at radius 1 is 0.348 bits per heavy atom. The van der Waals surface area contributed by atoms with Crippen molar-refractivity contribution in [1.82, 2.24) is 21.3 Å². The van der Waals surface area contributed by atoms with Crippen LogP contribution in [-0.2, 0) is 85.8 Å². The molecule has 0 spiro atoms. The first-order valence-corrected chi connectivity index (χ1v) is 49.5. The molecule has 0 aliphatic heterocycles. The van der Waals surface area contributed by atoms with Crippen molar-refractivity contribution in [2.45, 2.75) is 131 Å². The quantitative estimate of drug-likeness (QED) is 0.0157. The highest BCUT2D eigenvalue weighted by Gasteiger charge is 2.55. The molecule has 0 saturated heterocycles. The summed E-state index contributed by atoms with van der Waals surface area (Å²) >= 11 is 0. The lowest BCUT2D eigenvalue weighted by molar-refractivity contribution is -0.870. The molecule has 5 saturated carbocycles. The van der Waals surface area contributed by atoms with E-state index in [0.717, 1.165) is 166 Å². The summed E-state index contributed by atoms with van der Waals surface area (Å²) in [4.78, 5) is 136. The molecule has 4 N–H and O–H groups in total. The molecule has 33 nitrogen and oxygen atoms in total. The van der Waals surface area contributed by atoms with Crippen molar-refractivity contribution in [2.75, 3.05) is 328 Å². The molecule has 5 fully saturated rings. The van der Waals surface area contributed by atoms with Crippen LogP contribution in [0, 0.1) is 34.5 Å². The van der Waals surface area contributed by atoms with Gasteiger partial charge in [0, 0.05) is 49.6 Å². The standard InChI is InChI=1S/C18H30NO4.C14H26NO4.C14H20NO4.C12H18NO2.C10H20N2O.2C9H18N2O.C9H18NO2.C8H16N2O.C5H12/c1-19(2,3)4-5-22-16(20)12-23-17(21)18-9-13-6-14(10-18)8-15(7-13)11-18;2*1-15(2,3)9-10-18-13(16)11-19-14(17)12-7-5-4-6-8-12;1-13(2,3)9-10-15-12(14)11-7-5-4-6-8-11;1-9(2)10(13)11-7-6-8-12(3,4)5;1-8(2)9(12)10-6-7-11(3,4)5;1-5-9(12)10-7-6-8-11(2,3)4;1-5-9(11)12-8-6-7-10(2,3)4;1-5-8(11)9-6-7-10(2,3)4;1-5(2,3)4/h13-15H,4-12H2,1-3H3;12H,4-11H2,1-3H3;4-8H,9-11H2,1-3H3;4-8H,9-10H2,1-3H3;1,6-8H2,2-5H3;1,6-7H2,2-5H3;2*5H,1,6-8H2,2-4H3;5H,1,6-7H2,2-4H3;1-4H3/q4*+1;;;;+1;;/p+4. The highest BCUT2D eigenvalue weighted by Crippen LogP contribution is 2.60. The van der Waals surface area contributed by atoms with Gasteiger partial charge in [0.25, 0.3) is 0 Å². The van der Waals surface area contributed by atoms with Crippen molar-refractivity contribution in [1.29, 1.82) is 0 Å². The van der Waals surface area contributed by atoms with Crippen molar-refractivity contribution in [3.05, 3.63) is 134 Å². The van der Waals surface area contributed by atoms with Gasteiger partial charge in [-0.2, -0.15) is 0 Å². The Bertz CT molecular complexity index is 3920. The molecule has 4 amide bonds. The molecule has 7 rings (SSSR count). The fourth-order valence-corrected chi connectivity index (χ4v) is 13.3. The van der Waals surface area contributed by atoms with E-state index in [1.807, 2.05) is 81.6 Å². The van der Waals surface area contributed by atoms with Crippen LogP contribution in [0.25, 0.3) is 0 Å². The molecular formula is C108H200N13O20+9. The predicted molar refractivity (Wildman–Crippen MR) is 564 cm³/mol. The molecule has 0 aromatic heterocycles. The number of quaternary nitrogens is 9. The Balaban J connectivity index is -0.000000752. The third-order valence-electron chi connectivity index (χ3n) is 20.8. The molecule has 0 heterocycles. The number of benzene rings is 2. The van der Waals surface area contributed by atoms with Crippen LogP contribution in [0.2, 0.25) is 0 Å². The van der Waals surface area contributed by atoms with Crippen LogP contribution in [0.3, 0.4) is 0 Å². The average Bonchev–Trinajstić information content (AvgIpc) is 0.740. The number of carbonyl (C=O) groups excluding carboxylic acids is 12. The summed E-state index contributed by atoms with van der Waals surface area (Å²) in [5.74, 6) is -1.13. The first kappa shape index (κ1) is 138. The summed E-state index contributed by atoms with van der Waals surface area (Å²) in [6, 6.07) is 17.6. The van der Waals surface area contributed by atoms with E-state index in [2.05, 4.69) is 209 Å². The Morgan fingerprint density at radius 3 is 0.965 bits per heavy atom. The maximum Gasteiger partial charge on any atom is 0.344 e. The number of amides is 4. The topological polar surface area (TPSA) is 327 Å².